The molecule has 1 heterocycles. The lowest BCUT2D eigenvalue weighted by Crippen LogP contribution is -2.17. The monoisotopic (exact) mass is 279 g/mol. The molecular weight excluding hydrogens is 266 g/mol. The number of hydrazone groups is 1. The van der Waals surface area contributed by atoms with E-state index in [1.165, 1.54) is 6.21 Å². The van der Waals surface area contributed by atoms with Gasteiger partial charge in [0.1, 0.15) is 12.4 Å². The Morgan fingerprint density at radius 3 is 2.86 bits per heavy atom. The highest BCUT2D eigenvalue weighted by Crippen LogP contribution is 2.15. The molecule has 2 aromatic rings. The predicted molar refractivity (Wildman–Crippen MR) is 80.1 cm³/mol. The SMILES string of the molecule is C#CCOc1ccccc1/C=N/NC(=O)c1ccncc1. The molecule has 0 aliphatic heterocycles. The maximum atomic E-state index is 11.8. The van der Waals surface area contributed by atoms with Gasteiger partial charge in [-0.05, 0) is 24.3 Å². The number of pyridine rings is 1. The molecule has 0 fully saturated rings. The van der Waals surface area contributed by atoms with Crippen LogP contribution in [0, 0.1) is 12.3 Å². The molecule has 0 aliphatic rings. The lowest BCUT2D eigenvalue weighted by Gasteiger charge is -2.05. The Labute approximate surface area is 122 Å². The van der Waals surface area contributed by atoms with Gasteiger partial charge in [-0.25, -0.2) is 5.43 Å². The van der Waals surface area contributed by atoms with Gasteiger partial charge < -0.3 is 4.74 Å². The fourth-order valence-electron chi connectivity index (χ4n) is 1.57. The Morgan fingerprint density at radius 2 is 2.10 bits per heavy atom. The summed E-state index contributed by atoms with van der Waals surface area (Å²) in [6.07, 6.45) is 9.75. The number of nitrogens with zero attached hydrogens (tertiary/aromatic N) is 2. The first kappa shape index (κ1) is 14.3. The molecule has 0 spiro atoms. The fourth-order valence-corrected chi connectivity index (χ4v) is 1.57. The van der Waals surface area contributed by atoms with Crippen molar-refractivity contribution in [3.05, 3.63) is 59.9 Å². The quantitative estimate of drug-likeness (QED) is 0.516. The minimum absolute atomic E-state index is 0.175. The minimum Gasteiger partial charge on any atom is -0.480 e. The van der Waals surface area contributed by atoms with Gasteiger partial charge in [-0.2, -0.15) is 5.10 Å². The number of para-hydroxylation sites is 1. The molecule has 0 saturated heterocycles. The molecule has 5 heteroatoms. The van der Waals surface area contributed by atoms with Crippen molar-refractivity contribution in [1.29, 1.82) is 0 Å². The Kier molecular flexibility index (Phi) is 5.07. The van der Waals surface area contributed by atoms with Crippen LogP contribution in [0.25, 0.3) is 0 Å². The number of hydrogen-bond donors (Lipinski definition) is 1. The second-order valence-corrected chi connectivity index (χ2v) is 3.97. The van der Waals surface area contributed by atoms with Crippen LogP contribution in [0.1, 0.15) is 15.9 Å². The van der Waals surface area contributed by atoms with E-state index < -0.39 is 0 Å². The average molecular weight is 279 g/mol. The second kappa shape index (κ2) is 7.46. The van der Waals surface area contributed by atoms with E-state index in [9.17, 15) is 4.79 Å². The van der Waals surface area contributed by atoms with Crippen LogP contribution in [0.15, 0.2) is 53.9 Å². The largest absolute Gasteiger partial charge is 0.480 e. The summed E-state index contributed by atoms with van der Waals surface area (Å²) in [6.45, 7) is 0.175. The first-order valence-electron chi connectivity index (χ1n) is 6.20. The summed E-state index contributed by atoms with van der Waals surface area (Å²) in [7, 11) is 0. The number of carbonyl (C=O) groups is 1. The summed E-state index contributed by atoms with van der Waals surface area (Å²) >= 11 is 0. The molecule has 0 aliphatic carbocycles. The minimum atomic E-state index is -0.310. The summed E-state index contributed by atoms with van der Waals surface area (Å²) in [5.74, 6) is 2.70. The molecule has 0 radical (unpaired) electrons. The van der Waals surface area contributed by atoms with Crippen LogP contribution in [0.3, 0.4) is 0 Å². The summed E-state index contributed by atoms with van der Waals surface area (Å²) in [4.78, 5) is 15.6. The zero-order chi connectivity index (χ0) is 14.9. The summed E-state index contributed by atoms with van der Waals surface area (Å²) in [6, 6.07) is 10.5. The van der Waals surface area contributed by atoms with Crippen molar-refractivity contribution >= 4 is 12.1 Å². The third-order valence-electron chi connectivity index (χ3n) is 2.54. The van der Waals surface area contributed by atoms with Crippen LogP contribution in [0.5, 0.6) is 5.75 Å². The van der Waals surface area contributed by atoms with Gasteiger partial charge in [0, 0.05) is 23.5 Å². The molecule has 1 aromatic carbocycles. The van der Waals surface area contributed by atoms with Crippen molar-refractivity contribution < 1.29 is 9.53 Å². The van der Waals surface area contributed by atoms with Crippen molar-refractivity contribution in [1.82, 2.24) is 10.4 Å². The van der Waals surface area contributed by atoms with Crippen molar-refractivity contribution in [2.75, 3.05) is 6.61 Å². The third-order valence-corrected chi connectivity index (χ3v) is 2.54. The number of amides is 1. The summed E-state index contributed by atoms with van der Waals surface area (Å²) < 4.78 is 5.38. The number of aromatic nitrogens is 1. The highest BCUT2D eigenvalue weighted by molar-refractivity contribution is 5.94. The first-order chi connectivity index (χ1) is 10.3. The van der Waals surface area contributed by atoms with Gasteiger partial charge in [0.15, 0.2) is 0 Å². The lowest BCUT2D eigenvalue weighted by molar-refractivity contribution is 0.0955. The Hall–Kier alpha value is -3.13. The van der Waals surface area contributed by atoms with Crippen molar-refractivity contribution in [2.45, 2.75) is 0 Å². The average Bonchev–Trinajstić information content (AvgIpc) is 2.54. The van der Waals surface area contributed by atoms with Crippen LogP contribution in [0.4, 0.5) is 0 Å². The molecule has 104 valence electrons. The molecule has 0 unspecified atom stereocenters. The van der Waals surface area contributed by atoms with E-state index >= 15 is 0 Å². The van der Waals surface area contributed by atoms with E-state index in [2.05, 4.69) is 21.4 Å². The van der Waals surface area contributed by atoms with E-state index in [1.807, 2.05) is 18.2 Å². The zero-order valence-electron chi connectivity index (χ0n) is 11.2. The predicted octanol–water partition coefficient (Wildman–Crippen LogP) is 1.86. The van der Waals surface area contributed by atoms with Crippen molar-refractivity contribution in [3.63, 3.8) is 0 Å². The Bertz CT molecular complexity index is 675. The van der Waals surface area contributed by atoms with Gasteiger partial charge in [-0.1, -0.05) is 18.1 Å². The van der Waals surface area contributed by atoms with E-state index in [0.29, 0.717) is 11.3 Å². The maximum absolute atomic E-state index is 11.8. The molecule has 0 saturated carbocycles. The summed E-state index contributed by atoms with van der Waals surface area (Å²) in [5, 5.41) is 3.91. The van der Waals surface area contributed by atoms with Gasteiger partial charge in [-0.3, -0.25) is 9.78 Å². The smallest absolute Gasteiger partial charge is 0.271 e. The van der Waals surface area contributed by atoms with Gasteiger partial charge in [0.2, 0.25) is 0 Å². The van der Waals surface area contributed by atoms with Gasteiger partial charge in [0.05, 0.1) is 6.21 Å². The number of hydrogen-bond acceptors (Lipinski definition) is 4. The maximum Gasteiger partial charge on any atom is 0.271 e. The van der Waals surface area contributed by atoms with Crippen LogP contribution in [-0.2, 0) is 0 Å². The van der Waals surface area contributed by atoms with Gasteiger partial charge in [0.25, 0.3) is 5.91 Å². The van der Waals surface area contributed by atoms with E-state index in [-0.39, 0.29) is 12.5 Å². The van der Waals surface area contributed by atoms with E-state index in [0.717, 1.165) is 5.56 Å². The highest BCUT2D eigenvalue weighted by Gasteiger charge is 2.03. The Morgan fingerprint density at radius 1 is 1.33 bits per heavy atom. The van der Waals surface area contributed by atoms with Gasteiger partial charge >= 0.3 is 0 Å². The van der Waals surface area contributed by atoms with Crippen LogP contribution < -0.4 is 10.2 Å². The fraction of sp³-hybridized carbons (Fsp3) is 0.0625. The van der Waals surface area contributed by atoms with Crippen LogP contribution in [-0.4, -0.2) is 23.7 Å². The topological polar surface area (TPSA) is 63.6 Å². The van der Waals surface area contributed by atoms with Crippen molar-refractivity contribution in [2.24, 2.45) is 5.10 Å². The van der Waals surface area contributed by atoms with Gasteiger partial charge in [-0.15, -0.1) is 6.42 Å². The molecule has 1 amide bonds. The number of rotatable bonds is 5. The lowest BCUT2D eigenvalue weighted by atomic mass is 10.2. The second-order valence-electron chi connectivity index (χ2n) is 3.97. The third kappa shape index (κ3) is 4.18. The van der Waals surface area contributed by atoms with E-state index in [4.69, 9.17) is 11.2 Å². The number of carbonyl (C=O) groups excluding carboxylic acids is 1. The van der Waals surface area contributed by atoms with Crippen LogP contribution >= 0.6 is 0 Å². The Balaban J connectivity index is 2.02. The summed E-state index contributed by atoms with van der Waals surface area (Å²) in [5.41, 5.74) is 3.65. The molecule has 2 rings (SSSR count). The number of terminal acetylenes is 1. The molecule has 1 N–H and O–H groups in total. The normalized spacial score (nSPS) is 10.0. The number of benzene rings is 1. The van der Waals surface area contributed by atoms with Crippen LogP contribution in [0.2, 0.25) is 0 Å². The number of nitrogens with one attached hydrogen (secondary N) is 1. The molecular formula is C16H13N3O2. The molecule has 5 nitrogen and oxygen atoms in total. The molecule has 0 bridgehead atoms. The standard InChI is InChI=1S/C16H13N3O2/c1-2-11-21-15-6-4-3-5-14(15)12-18-19-16(20)13-7-9-17-10-8-13/h1,3-10,12H,11H2,(H,19,20)/b18-12+. The van der Waals surface area contributed by atoms with Crippen molar-refractivity contribution in [3.8, 4) is 18.1 Å². The first-order valence-corrected chi connectivity index (χ1v) is 6.20. The van der Waals surface area contributed by atoms with E-state index in [1.54, 1.807) is 30.6 Å². The molecule has 0 atom stereocenters. The molecule has 1 aromatic heterocycles. The zero-order valence-corrected chi connectivity index (χ0v) is 11.2. The molecule has 21 heavy (non-hydrogen) atoms. The number of ether oxygens (including phenoxy) is 1. The highest BCUT2D eigenvalue weighted by atomic mass is 16.5.